The van der Waals surface area contributed by atoms with Crippen LogP contribution in [0, 0.1) is 12.3 Å². The topological polar surface area (TPSA) is 78.4 Å². The Hall–Kier alpha value is -2.48. The van der Waals surface area contributed by atoms with Crippen LogP contribution in [-0.4, -0.2) is 30.2 Å². The molecule has 0 heterocycles. The van der Waals surface area contributed by atoms with Crippen LogP contribution in [0.2, 0.25) is 0 Å². The second-order valence-corrected chi connectivity index (χ2v) is 4.60. The summed E-state index contributed by atoms with van der Waals surface area (Å²) in [6, 6.07) is 6.43. The van der Waals surface area contributed by atoms with Gasteiger partial charge in [-0.05, 0) is 37.0 Å². The average molecular weight is 288 g/mol. The van der Waals surface area contributed by atoms with Gasteiger partial charge in [-0.3, -0.25) is 0 Å². The van der Waals surface area contributed by atoms with E-state index in [1.54, 1.807) is 24.3 Å². The molecule has 0 spiro atoms. The Morgan fingerprint density at radius 3 is 2.38 bits per heavy atom. The van der Waals surface area contributed by atoms with Crippen molar-refractivity contribution >= 4 is 12.0 Å². The van der Waals surface area contributed by atoms with Crippen molar-refractivity contribution in [2.75, 3.05) is 13.1 Å². The quantitative estimate of drug-likeness (QED) is 0.506. The zero-order chi connectivity index (χ0) is 15.5. The zero-order valence-corrected chi connectivity index (χ0v) is 11.9. The average Bonchev–Trinajstić information content (AvgIpc) is 2.47. The van der Waals surface area contributed by atoms with E-state index in [2.05, 4.69) is 16.6 Å². The minimum atomic E-state index is -0.941. The van der Waals surface area contributed by atoms with Crippen molar-refractivity contribution < 1.29 is 14.7 Å². The number of urea groups is 1. The summed E-state index contributed by atoms with van der Waals surface area (Å²) in [5, 5.41) is 14.3. The van der Waals surface area contributed by atoms with E-state index in [4.69, 9.17) is 11.5 Å². The molecule has 1 aromatic carbocycles. The third kappa shape index (κ3) is 7.02. The highest BCUT2D eigenvalue weighted by atomic mass is 16.4. The first-order valence-electron chi connectivity index (χ1n) is 6.91. The van der Waals surface area contributed by atoms with Crippen molar-refractivity contribution in [3.63, 3.8) is 0 Å². The highest BCUT2D eigenvalue weighted by Crippen LogP contribution is 2.04. The maximum absolute atomic E-state index is 11.5. The summed E-state index contributed by atoms with van der Waals surface area (Å²) in [5.41, 5.74) is 1.24. The van der Waals surface area contributed by atoms with E-state index >= 15 is 0 Å². The van der Waals surface area contributed by atoms with Crippen LogP contribution >= 0.6 is 0 Å². The molecule has 0 saturated heterocycles. The number of unbranched alkanes of at least 4 members (excludes halogenated alkanes) is 2. The Morgan fingerprint density at radius 2 is 1.76 bits per heavy atom. The summed E-state index contributed by atoms with van der Waals surface area (Å²) in [4.78, 5) is 22.2. The molecule has 5 nitrogen and oxygen atoms in total. The van der Waals surface area contributed by atoms with Crippen LogP contribution in [0.25, 0.3) is 0 Å². The number of amides is 2. The van der Waals surface area contributed by atoms with Gasteiger partial charge in [0.2, 0.25) is 0 Å². The molecule has 0 bridgehead atoms. The first-order chi connectivity index (χ1) is 10.1. The van der Waals surface area contributed by atoms with E-state index in [1.165, 1.54) is 0 Å². The van der Waals surface area contributed by atoms with Crippen LogP contribution in [0.15, 0.2) is 24.3 Å². The van der Waals surface area contributed by atoms with Crippen LogP contribution in [-0.2, 0) is 6.42 Å². The lowest BCUT2D eigenvalue weighted by Crippen LogP contribution is -2.37. The minimum absolute atomic E-state index is 0.196. The van der Waals surface area contributed by atoms with Crippen molar-refractivity contribution in [3.8, 4) is 12.3 Å². The van der Waals surface area contributed by atoms with Crippen molar-refractivity contribution in [1.29, 1.82) is 0 Å². The molecule has 3 N–H and O–H groups in total. The Morgan fingerprint density at radius 1 is 1.10 bits per heavy atom. The van der Waals surface area contributed by atoms with Gasteiger partial charge in [0.25, 0.3) is 0 Å². The fourth-order valence-corrected chi connectivity index (χ4v) is 1.75. The molecule has 1 aromatic rings. The number of carboxylic acids is 1. The molecule has 0 aliphatic carbocycles. The molecule has 0 saturated carbocycles. The summed E-state index contributed by atoms with van der Waals surface area (Å²) < 4.78 is 0. The van der Waals surface area contributed by atoms with Crippen molar-refractivity contribution in [2.45, 2.75) is 25.7 Å². The summed E-state index contributed by atoms with van der Waals surface area (Å²) in [6.45, 7) is 1.11. The summed E-state index contributed by atoms with van der Waals surface area (Å²) in [7, 11) is 0. The fraction of sp³-hybridized carbons (Fsp3) is 0.375. The van der Waals surface area contributed by atoms with Crippen molar-refractivity contribution in [1.82, 2.24) is 10.6 Å². The van der Waals surface area contributed by atoms with Gasteiger partial charge in [-0.1, -0.05) is 12.1 Å². The lowest BCUT2D eigenvalue weighted by Gasteiger charge is -2.07. The van der Waals surface area contributed by atoms with Crippen LogP contribution < -0.4 is 10.6 Å². The van der Waals surface area contributed by atoms with Gasteiger partial charge in [-0.15, -0.1) is 12.3 Å². The number of nitrogens with one attached hydrogen (secondary N) is 2. The molecular weight excluding hydrogens is 268 g/mol. The van der Waals surface area contributed by atoms with E-state index in [0.29, 0.717) is 19.5 Å². The van der Waals surface area contributed by atoms with E-state index in [1.807, 2.05) is 0 Å². The first kappa shape index (κ1) is 16.6. The molecule has 0 atom stereocenters. The van der Waals surface area contributed by atoms with Gasteiger partial charge in [0.1, 0.15) is 0 Å². The molecule has 0 aliphatic heterocycles. The molecule has 2 amide bonds. The number of hydrogen-bond donors (Lipinski definition) is 3. The van der Waals surface area contributed by atoms with Crippen LogP contribution in [0.1, 0.15) is 35.2 Å². The predicted molar refractivity (Wildman–Crippen MR) is 81.2 cm³/mol. The lowest BCUT2D eigenvalue weighted by atomic mass is 10.1. The van der Waals surface area contributed by atoms with Crippen molar-refractivity contribution in [2.24, 2.45) is 0 Å². The monoisotopic (exact) mass is 288 g/mol. The molecule has 0 aliphatic rings. The molecule has 0 fully saturated rings. The number of carbonyl (C=O) groups excluding carboxylic acids is 1. The maximum atomic E-state index is 11.5. The SMILES string of the molecule is C#CCCCCNC(=O)NCCc1ccc(C(=O)O)cc1. The second kappa shape index (κ2) is 9.43. The third-order valence-corrected chi connectivity index (χ3v) is 2.93. The smallest absolute Gasteiger partial charge is 0.335 e. The lowest BCUT2D eigenvalue weighted by molar-refractivity contribution is 0.0697. The number of carboxylic acid groups (broad SMARTS) is 1. The van der Waals surface area contributed by atoms with Crippen LogP contribution in [0.5, 0.6) is 0 Å². The molecule has 5 heteroatoms. The Bertz CT molecular complexity index is 503. The van der Waals surface area contributed by atoms with Gasteiger partial charge in [0.15, 0.2) is 0 Å². The largest absolute Gasteiger partial charge is 0.478 e. The molecule has 0 aromatic heterocycles. The molecule has 1 rings (SSSR count). The minimum Gasteiger partial charge on any atom is -0.478 e. The number of hydrogen-bond acceptors (Lipinski definition) is 2. The number of aromatic carboxylic acids is 1. The van der Waals surface area contributed by atoms with Gasteiger partial charge < -0.3 is 15.7 Å². The second-order valence-electron chi connectivity index (χ2n) is 4.60. The third-order valence-electron chi connectivity index (χ3n) is 2.93. The molecular formula is C16H20N2O3. The molecule has 112 valence electrons. The highest BCUT2D eigenvalue weighted by molar-refractivity contribution is 5.87. The number of carbonyl (C=O) groups is 2. The standard InChI is InChI=1S/C16H20N2O3/c1-2-3-4-5-11-17-16(21)18-12-10-13-6-8-14(9-7-13)15(19)20/h1,6-9H,3-5,10-12H2,(H,19,20)(H2,17,18,21). The van der Waals surface area contributed by atoms with E-state index in [-0.39, 0.29) is 11.6 Å². The summed E-state index contributed by atoms with van der Waals surface area (Å²) in [6.07, 6.45) is 8.30. The summed E-state index contributed by atoms with van der Waals surface area (Å²) >= 11 is 0. The molecule has 0 unspecified atom stereocenters. The van der Waals surface area contributed by atoms with Crippen LogP contribution in [0.3, 0.4) is 0 Å². The van der Waals surface area contributed by atoms with Gasteiger partial charge in [-0.25, -0.2) is 9.59 Å². The Balaban J connectivity index is 2.16. The van der Waals surface area contributed by atoms with Crippen LogP contribution in [0.4, 0.5) is 4.79 Å². The van der Waals surface area contributed by atoms with E-state index in [0.717, 1.165) is 24.8 Å². The predicted octanol–water partition coefficient (Wildman–Crippen LogP) is 2.03. The van der Waals surface area contributed by atoms with E-state index in [9.17, 15) is 9.59 Å². The maximum Gasteiger partial charge on any atom is 0.335 e. The number of rotatable bonds is 8. The van der Waals surface area contributed by atoms with Crippen molar-refractivity contribution in [3.05, 3.63) is 35.4 Å². The van der Waals surface area contributed by atoms with Gasteiger partial charge >= 0.3 is 12.0 Å². The van der Waals surface area contributed by atoms with Gasteiger partial charge in [0, 0.05) is 19.5 Å². The highest BCUT2D eigenvalue weighted by Gasteiger charge is 2.02. The molecule has 0 radical (unpaired) electrons. The number of terminal acetylenes is 1. The zero-order valence-electron chi connectivity index (χ0n) is 11.9. The fourth-order valence-electron chi connectivity index (χ4n) is 1.75. The summed E-state index contributed by atoms with van der Waals surface area (Å²) in [5.74, 6) is 1.61. The molecule has 21 heavy (non-hydrogen) atoms. The Kier molecular flexibility index (Phi) is 7.44. The normalized spacial score (nSPS) is 9.67. The van der Waals surface area contributed by atoms with E-state index < -0.39 is 5.97 Å². The van der Waals surface area contributed by atoms with Gasteiger partial charge in [-0.2, -0.15) is 0 Å². The Labute approximate surface area is 124 Å². The number of benzene rings is 1. The van der Waals surface area contributed by atoms with Gasteiger partial charge in [0.05, 0.1) is 5.56 Å². The first-order valence-corrected chi connectivity index (χ1v) is 6.91.